The molecular formula is C15H28N2O. The van der Waals surface area contributed by atoms with Crippen LogP contribution in [0.15, 0.2) is 0 Å². The van der Waals surface area contributed by atoms with Crippen molar-refractivity contribution in [3.05, 3.63) is 0 Å². The summed E-state index contributed by atoms with van der Waals surface area (Å²) >= 11 is 0. The molecule has 2 aliphatic rings. The first-order chi connectivity index (χ1) is 8.65. The summed E-state index contributed by atoms with van der Waals surface area (Å²) in [6, 6.07) is 0.630. The van der Waals surface area contributed by atoms with Crippen molar-refractivity contribution < 1.29 is 4.79 Å². The van der Waals surface area contributed by atoms with Gasteiger partial charge in [0.2, 0.25) is 5.91 Å². The minimum absolute atomic E-state index is 0.0380. The molecule has 0 aromatic rings. The van der Waals surface area contributed by atoms with E-state index in [0.29, 0.717) is 11.9 Å². The number of rotatable bonds is 4. The number of carbonyl (C=O) groups excluding carboxylic acids is 1. The average molecular weight is 252 g/mol. The van der Waals surface area contributed by atoms with Crippen LogP contribution in [0.2, 0.25) is 0 Å². The van der Waals surface area contributed by atoms with Gasteiger partial charge in [-0.25, -0.2) is 0 Å². The summed E-state index contributed by atoms with van der Waals surface area (Å²) in [7, 11) is 0. The number of hydrogen-bond donors (Lipinski definition) is 1. The van der Waals surface area contributed by atoms with Crippen LogP contribution < -0.4 is 5.32 Å². The summed E-state index contributed by atoms with van der Waals surface area (Å²) in [4.78, 5) is 14.7. The van der Waals surface area contributed by atoms with E-state index in [1.54, 1.807) is 0 Å². The van der Waals surface area contributed by atoms with Gasteiger partial charge in [-0.15, -0.1) is 0 Å². The van der Waals surface area contributed by atoms with Crippen LogP contribution in [0.25, 0.3) is 0 Å². The molecular weight excluding hydrogens is 224 g/mol. The second-order valence-corrected chi connectivity index (χ2v) is 6.29. The van der Waals surface area contributed by atoms with Crippen molar-refractivity contribution >= 4 is 5.91 Å². The number of nitrogens with zero attached hydrogens (tertiary/aromatic N) is 1. The van der Waals surface area contributed by atoms with Crippen molar-refractivity contribution in [2.45, 2.75) is 64.8 Å². The van der Waals surface area contributed by atoms with Crippen molar-refractivity contribution in [3.8, 4) is 0 Å². The van der Waals surface area contributed by atoms with Crippen LogP contribution in [0.5, 0.6) is 0 Å². The zero-order chi connectivity index (χ0) is 13.0. The van der Waals surface area contributed by atoms with Gasteiger partial charge in [0.05, 0.1) is 0 Å². The molecule has 2 fully saturated rings. The van der Waals surface area contributed by atoms with Gasteiger partial charge in [0, 0.05) is 24.5 Å². The molecule has 0 radical (unpaired) electrons. The monoisotopic (exact) mass is 252 g/mol. The van der Waals surface area contributed by atoms with E-state index in [1.807, 2.05) is 0 Å². The van der Waals surface area contributed by atoms with E-state index in [9.17, 15) is 4.79 Å². The summed E-state index contributed by atoms with van der Waals surface area (Å²) in [6.45, 7) is 7.39. The molecule has 1 saturated heterocycles. The zero-order valence-electron chi connectivity index (χ0n) is 12.0. The van der Waals surface area contributed by atoms with Gasteiger partial charge in [0.1, 0.15) is 0 Å². The van der Waals surface area contributed by atoms with Crippen molar-refractivity contribution in [2.75, 3.05) is 19.6 Å². The maximum absolute atomic E-state index is 12.5. The first-order valence-electron chi connectivity index (χ1n) is 7.68. The maximum Gasteiger partial charge on any atom is 0.228 e. The number of carbonyl (C=O) groups is 1. The molecule has 1 saturated carbocycles. The quantitative estimate of drug-likeness (QED) is 0.834. The predicted molar refractivity (Wildman–Crippen MR) is 74.5 cm³/mol. The first-order valence-corrected chi connectivity index (χ1v) is 7.68. The van der Waals surface area contributed by atoms with Crippen LogP contribution in [0, 0.1) is 5.41 Å². The van der Waals surface area contributed by atoms with Crippen molar-refractivity contribution in [1.29, 1.82) is 0 Å². The Morgan fingerprint density at radius 3 is 2.44 bits per heavy atom. The van der Waals surface area contributed by atoms with Gasteiger partial charge in [0.15, 0.2) is 0 Å². The molecule has 1 N–H and O–H groups in total. The fourth-order valence-corrected chi connectivity index (χ4v) is 3.39. The van der Waals surface area contributed by atoms with E-state index >= 15 is 0 Å². The Kier molecular flexibility index (Phi) is 4.66. The largest absolute Gasteiger partial charge is 0.342 e. The van der Waals surface area contributed by atoms with Gasteiger partial charge in [0.25, 0.3) is 0 Å². The third-order valence-electron chi connectivity index (χ3n) is 4.69. The number of nitrogens with one attached hydrogen (secondary N) is 1. The van der Waals surface area contributed by atoms with Crippen molar-refractivity contribution in [1.82, 2.24) is 10.2 Å². The van der Waals surface area contributed by atoms with Gasteiger partial charge >= 0.3 is 0 Å². The summed E-state index contributed by atoms with van der Waals surface area (Å²) in [5.74, 6) is 0.425. The molecule has 3 heteroatoms. The molecule has 1 aliphatic carbocycles. The molecule has 0 spiro atoms. The van der Waals surface area contributed by atoms with Gasteiger partial charge in [-0.3, -0.25) is 4.79 Å². The fourth-order valence-electron chi connectivity index (χ4n) is 3.39. The summed E-state index contributed by atoms with van der Waals surface area (Å²) in [5.41, 5.74) is -0.0380. The Labute approximate surface area is 111 Å². The van der Waals surface area contributed by atoms with E-state index in [0.717, 1.165) is 45.3 Å². The Balaban J connectivity index is 1.80. The highest BCUT2D eigenvalue weighted by Gasteiger charge is 2.39. The summed E-state index contributed by atoms with van der Waals surface area (Å²) in [5, 5.41) is 3.57. The van der Waals surface area contributed by atoms with Gasteiger partial charge in [-0.1, -0.05) is 26.7 Å². The zero-order valence-corrected chi connectivity index (χ0v) is 12.0. The third kappa shape index (κ3) is 3.05. The Morgan fingerprint density at radius 2 is 1.89 bits per heavy atom. The normalized spacial score (nSPS) is 24.4. The number of likely N-dealkylation sites (tertiary alicyclic amines) is 1. The molecule has 2 rings (SSSR count). The highest BCUT2D eigenvalue weighted by Crippen LogP contribution is 2.39. The van der Waals surface area contributed by atoms with E-state index in [2.05, 4.69) is 24.1 Å². The topological polar surface area (TPSA) is 32.3 Å². The SMILES string of the molecule is CCCNC1CCN(C(=O)C2(C)CCCC2)CC1. The Morgan fingerprint density at radius 1 is 1.28 bits per heavy atom. The lowest BCUT2D eigenvalue weighted by atomic mass is 9.86. The minimum Gasteiger partial charge on any atom is -0.342 e. The number of amides is 1. The minimum atomic E-state index is -0.0380. The van der Waals surface area contributed by atoms with E-state index < -0.39 is 0 Å². The van der Waals surface area contributed by atoms with Crippen LogP contribution in [0.4, 0.5) is 0 Å². The molecule has 1 heterocycles. The lowest BCUT2D eigenvalue weighted by Gasteiger charge is -2.37. The van der Waals surface area contributed by atoms with Gasteiger partial charge in [-0.2, -0.15) is 0 Å². The molecule has 0 atom stereocenters. The standard InChI is InChI=1S/C15H28N2O/c1-3-10-16-13-6-11-17(12-7-13)14(18)15(2)8-4-5-9-15/h13,16H,3-12H2,1-2H3. The van der Waals surface area contributed by atoms with E-state index in [4.69, 9.17) is 0 Å². The Hall–Kier alpha value is -0.570. The van der Waals surface area contributed by atoms with Crippen LogP contribution in [-0.2, 0) is 4.79 Å². The maximum atomic E-state index is 12.5. The van der Waals surface area contributed by atoms with Crippen molar-refractivity contribution in [3.63, 3.8) is 0 Å². The molecule has 3 nitrogen and oxygen atoms in total. The Bertz CT molecular complexity index is 276. The van der Waals surface area contributed by atoms with Crippen LogP contribution >= 0.6 is 0 Å². The first kappa shape index (κ1) is 13.9. The molecule has 0 bridgehead atoms. The van der Waals surface area contributed by atoms with E-state index in [1.165, 1.54) is 19.3 Å². The predicted octanol–water partition coefficient (Wildman–Crippen LogP) is 2.56. The average Bonchev–Trinajstić information content (AvgIpc) is 2.84. The molecule has 0 aromatic heterocycles. The summed E-state index contributed by atoms with van der Waals surface area (Å²) < 4.78 is 0. The van der Waals surface area contributed by atoms with E-state index in [-0.39, 0.29) is 5.41 Å². The molecule has 1 aliphatic heterocycles. The second-order valence-electron chi connectivity index (χ2n) is 6.29. The van der Waals surface area contributed by atoms with Crippen molar-refractivity contribution in [2.24, 2.45) is 5.41 Å². The highest BCUT2D eigenvalue weighted by atomic mass is 16.2. The molecule has 0 aromatic carbocycles. The van der Waals surface area contributed by atoms with Crippen LogP contribution in [0.1, 0.15) is 58.8 Å². The smallest absolute Gasteiger partial charge is 0.228 e. The molecule has 0 unspecified atom stereocenters. The lowest BCUT2D eigenvalue weighted by molar-refractivity contribution is -0.142. The number of piperidine rings is 1. The molecule has 104 valence electrons. The molecule has 1 amide bonds. The number of hydrogen-bond acceptors (Lipinski definition) is 2. The lowest BCUT2D eigenvalue weighted by Crippen LogP contribution is -2.49. The van der Waals surface area contributed by atoms with Crippen LogP contribution in [0.3, 0.4) is 0 Å². The second kappa shape index (κ2) is 6.05. The van der Waals surface area contributed by atoms with Crippen LogP contribution in [-0.4, -0.2) is 36.5 Å². The fraction of sp³-hybridized carbons (Fsp3) is 0.933. The summed E-state index contributed by atoms with van der Waals surface area (Å²) in [6.07, 6.45) is 8.11. The third-order valence-corrected chi connectivity index (χ3v) is 4.69. The van der Waals surface area contributed by atoms with Gasteiger partial charge in [-0.05, 0) is 38.6 Å². The van der Waals surface area contributed by atoms with Gasteiger partial charge < -0.3 is 10.2 Å². The molecule has 18 heavy (non-hydrogen) atoms. The highest BCUT2D eigenvalue weighted by molar-refractivity contribution is 5.82.